The lowest BCUT2D eigenvalue weighted by atomic mass is 10.1. The average Bonchev–Trinajstić information content (AvgIpc) is 3.02. The van der Waals surface area contributed by atoms with Gasteiger partial charge in [0.15, 0.2) is 0 Å². The number of aromatic nitrogens is 2. The number of imide groups is 1. The predicted molar refractivity (Wildman–Crippen MR) is 106 cm³/mol. The number of anilines is 1. The Balaban J connectivity index is 1.94. The van der Waals surface area contributed by atoms with Gasteiger partial charge in [0.05, 0.1) is 40.8 Å². The Morgan fingerprint density at radius 3 is 2.26 bits per heavy atom. The third-order valence-corrected chi connectivity index (χ3v) is 4.62. The van der Waals surface area contributed by atoms with E-state index in [9.17, 15) is 24.5 Å². The third kappa shape index (κ3) is 3.12. The van der Waals surface area contributed by atoms with Crippen LogP contribution in [0.25, 0.3) is 11.0 Å². The summed E-state index contributed by atoms with van der Waals surface area (Å²) in [6.45, 7) is 1.70. The number of rotatable bonds is 5. The van der Waals surface area contributed by atoms with Gasteiger partial charge in [0, 0.05) is 6.07 Å². The van der Waals surface area contributed by atoms with Crippen LogP contribution in [0.15, 0.2) is 36.4 Å². The molecular weight excluding hydrogens is 408 g/mol. The van der Waals surface area contributed by atoms with Gasteiger partial charge >= 0.3 is 5.97 Å². The topological polar surface area (TPSA) is 142 Å². The molecule has 0 saturated carbocycles. The molecule has 0 aliphatic carbocycles. The molecule has 0 unspecified atom stereocenters. The third-order valence-electron chi connectivity index (χ3n) is 4.62. The first-order valence-corrected chi connectivity index (χ1v) is 9.06. The van der Waals surface area contributed by atoms with Crippen LogP contribution >= 0.6 is 0 Å². The maximum absolute atomic E-state index is 12.8. The number of nitro groups is 1. The predicted octanol–water partition coefficient (Wildman–Crippen LogP) is 2.52. The summed E-state index contributed by atoms with van der Waals surface area (Å²) in [4.78, 5) is 57.9. The second-order valence-electron chi connectivity index (χ2n) is 6.38. The number of carbonyl (C=O) groups is 3. The highest BCUT2D eigenvalue weighted by Crippen LogP contribution is 2.37. The van der Waals surface area contributed by atoms with Gasteiger partial charge in [-0.05, 0) is 25.1 Å². The monoisotopic (exact) mass is 422 g/mol. The lowest BCUT2D eigenvalue weighted by Crippen LogP contribution is -2.30. The number of hydrogen-bond donors (Lipinski definition) is 0. The smallest absolute Gasteiger partial charge is 0.362 e. The van der Waals surface area contributed by atoms with Gasteiger partial charge in [0.1, 0.15) is 5.69 Å². The van der Waals surface area contributed by atoms with Crippen LogP contribution in [0.2, 0.25) is 0 Å². The van der Waals surface area contributed by atoms with Crippen LogP contribution in [0.3, 0.4) is 0 Å². The molecule has 0 bridgehead atoms. The number of amides is 2. The van der Waals surface area contributed by atoms with E-state index < -0.39 is 28.4 Å². The lowest BCUT2D eigenvalue weighted by molar-refractivity contribution is -0.383. The van der Waals surface area contributed by atoms with Crippen molar-refractivity contribution in [2.45, 2.75) is 6.92 Å². The molecular formula is C20H14N4O7. The van der Waals surface area contributed by atoms with Gasteiger partial charge in [-0.3, -0.25) is 19.7 Å². The van der Waals surface area contributed by atoms with Gasteiger partial charge in [-0.2, -0.15) is 0 Å². The molecule has 3 aromatic rings. The van der Waals surface area contributed by atoms with E-state index in [1.54, 1.807) is 19.1 Å². The van der Waals surface area contributed by atoms with Crippen LogP contribution in [0.5, 0.6) is 5.88 Å². The summed E-state index contributed by atoms with van der Waals surface area (Å²) in [6.07, 6.45) is 0. The molecule has 11 heteroatoms. The van der Waals surface area contributed by atoms with Crippen LogP contribution in [0.4, 0.5) is 11.4 Å². The molecule has 0 fully saturated rings. The SMILES string of the molecule is CCOC(=O)c1nc2cc(N3C(=O)c4ccccc4C3=O)c([N+](=O)[O-])cc2nc1OC. The summed E-state index contributed by atoms with van der Waals surface area (Å²) >= 11 is 0. The van der Waals surface area contributed by atoms with Crippen molar-refractivity contribution in [2.75, 3.05) is 18.6 Å². The minimum Gasteiger partial charge on any atom is -0.479 e. The largest absolute Gasteiger partial charge is 0.479 e. The Kier molecular flexibility index (Phi) is 4.78. The number of carbonyl (C=O) groups excluding carboxylic acids is 3. The Morgan fingerprint density at radius 2 is 1.71 bits per heavy atom. The Hall–Kier alpha value is -4.41. The molecule has 156 valence electrons. The van der Waals surface area contributed by atoms with Gasteiger partial charge in [-0.25, -0.2) is 19.7 Å². The zero-order chi connectivity index (χ0) is 22.3. The zero-order valence-corrected chi connectivity index (χ0v) is 16.3. The molecule has 1 aromatic heterocycles. The Bertz CT molecular complexity index is 1250. The highest BCUT2D eigenvalue weighted by Gasteiger charge is 2.40. The van der Waals surface area contributed by atoms with Crippen molar-refractivity contribution < 1.29 is 28.8 Å². The van der Waals surface area contributed by atoms with Gasteiger partial charge in [0.25, 0.3) is 17.5 Å². The molecule has 0 spiro atoms. The molecule has 1 aliphatic rings. The average molecular weight is 422 g/mol. The van der Waals surface area contributed by atoms with Crippen molar-refractivity contribution in [2.24, 2.45) is 0 Å². The number of fused-ring (bicyclic) bond motifs is 2. The molecule has 4 rings (SSSR count). The number of methoxy groups -OCH3 is 1. The quantitative estimate of drug-likeness (QED) is 0.262. The first-order chi connectivity index (χ1) is 14.9. The molecule has 11 nitrogen and oxygen atoms in total. The maximum Gasteiger partial charge on any atom is 0.362 e. The molecule has 0 radical (unpaired) electrons. The Labute approximate surface area is 174 Å². The van der Waals surface area contributed by atoms with Gasteiger partial charge in [-0.1, -0.05) is 12.1 Å². The number of ether oxygens (including phenoxy) is 2. The normalized spacial score (nSPS) is 12.8. The van der Waals surface area contributed by atoms with Crippen LogP contribution in [-0.4, -0.2) is 46.4 Å². The van der Waals surface area contributed by atoms with E-state index in [2.05, 4.69) is 9.97 Å². The first kappa shape index (κ1) is 19.9. The second kappa shape index (κ2) is 7.44. The lowest BCUT2D eigenvalue weighted by Gasteiger charge is -2.15. The summed E-state index contributed by atoms with van der Waals surface area (Å²) in [7, 11) is 1.26. The summed E-state index contributed by atoms with van der Waals surface area (Å²) in [5.74, 6) is -2.37. The molecule has 2 heterocycles. The van der Waals surface area contributed by atoms with Gasteiger partial charge in [0.2, 0.25) is 11.6 Å². The fraction of sp³-hybridized carbons (Fsp3) is 0.150. The number of benzene rings is 2. The van der Waals surface area contributed by atoms with Crippen LogP contribution < -0.4 is 9.64 Å². The molecule has 2 aromatic carbocycles. The van der Waals surface area contributed by atoms with E-state index in [1.807, 2.05) is 0 Å². The van der Waals surface area contributed by atoms with Crippen molar-refractivity contribution >= 4 is 40.2 Å². The van der Waals surface area contributed by atoms with Crippen LogP contribution in [0.1, 0.15) is 38.1 Å². The number of nitro benzene ring substituents is 1. The Morgan fingerprint density at radius 1 is 1.10 bits per heavy atom. The molecule has 2 amide bonds. The van der Waals surface area contributed by atoms with Crippen molar-refractivity contribution in [3.8, 4) is 5.88 Å². The molecule has 0 N–H and O–H groups in total. The van der Waals surface area contributed by atoms with Crippen molar-refractivity contribution in [3.05, 3.63) is 63.3 Å². The van der Waals surface area contributed by atoms with Crippen LogP contribution in [-0.2, 0) is 4.74 Å². The standard InChI is InChI=1S/C20H14N4O7/c1-3-31-20(27)16-17(30-2)22-13-9-15(24(28)29)14(8-12(13)21-16)23-18(25)10-6-4-5-7-11(10)19(23)26/h4-9H,3H2,1-2H3. The van der Waals surface area contributed by atoms with E-state index in [1.165, 1.54) is 25.3 Å². The second-order valence-corrected chi connectivity index (χ2v) is 6.38. The fourth-order valence-corrected chi connectivity index (χ4v) is 3.27. The molecule has 0 atom stereocenters. The van der Waals surface area contributed by atoms with Gasteiger partial charge in [-0.15, -0.1) is 0 Å². The fourth-order valence-electron chi connectivity index (χ4n) is 3.27. The van der Waals surface area contributed by atoms with E-state index in [0.717, 1.165) is 11.0 Å². The summed E-state index contributed by atoms with van der Waals surface area (Å²) < 4.78 is 10.0. The first-order valence-electron chi connectivity index (χ1n) is 9.06. The summed E-state index contributed by atoms with van der Waals surface area (Å²) in [5, 5.41) is 11.7. The number of nitrogens with zero attached hydrogens (tertiary/aromatic N) is 4. The highest BCUT2D eigenvalue weighted by molar-refractivity contribution is 6.35. The summed E-state index contributed by atoms with van der Waals surface area (Å²) in [6, 6.07) is 8.35. The van der Waals surface area contributed by atoms with Crippen molar-refractivity contribution in [1.29, 1.82) is 0 Å². The maximum atomic E-state index is 12.8. The van der Waals surface area contributed by atoms with E-state index in [4.69, 9.17) is 9.47 Å². The van der Waals surface area contributed by atoms with E-state index >= 15 is 0 Å². The number of esters is 1. The van der Waals surface area contributed by atoms with Gasteiger partial charge < -0.3 is 9.47 Å². The van der Waals surface area contributed by atoms with Crippen molar-refractivity contribution in [3.63, 3.8) is 0 Å². The minimum atomic E-state index is -0.797. The van der Waals surface area contributed by atoms with E-state index in [-0.39, 0.29) is 46.0 Å². The highest BCUT2D eigenvalue weighted by atomic mass is 16.6. The number of hydrogen-bond acceptors (Lipinski definition) is 9. The van der Waals surface area contributed by atoms with Crippen molar-refractivity contribution in [1.82, 2.24) is 9.97 Å². The molecule has 1 aliphatic heterocycles. The molecule has 0 saturated heterocycles. The molecule has 31 heavy (non-hydrogen) atoms. The summed E-state index contributed by atoms with van der Waals surface area (Å²) in [5.41, 5.74) is -0.693. The minimum absolute atomic E-state index is 0.0388. The zero-order valence-electron chi connectivity index (χ0n) is 16.3. The van der Waals surface area contributed by atoms with Crippen LogP contribution in [0, 0.1) is 10.1 Å². The van der Waals surface area contributed by atoms with E-state index in [0.29, 0.717) is 0 Å².